The van der Waals surface area contributed by atoms with Crippen LogP contribution >= 0.6 is 0 Å². The first-order chi connectivity index (χ1) is 60.9. The quantitative estimate of drug-likeness (QED) is 0.142. The van der Waals surface area contributed by atoms with E-state index in [2.05, 4.69) is 425 Å². The van der Waals surface area contributed by atoms with E-state index in [1.165, 1.54) is 175 Å². The highest BCUT2D eigenvalue weighted by Crippen LogP contribution is 2.53. The van der Waals surface area contributed by atoms with Crippen LogP contribution in [0.25, 0.3) is 275 Å². The number of rotatable bonds is 9. The van der Waals surface area contributed by atoms with Gasteiger partial charge in [-0.25, -0.2) is 0 Å². The average Bonchev–Trinajstić information content (AvgIpc) is 1.59. The van der Waals surface area contributed by atoms with Crippen molar-refractivity contribution < 1.29 is 4.42 Å². The molecule has 5 aromatic heterocycles. The zero-order valence-corrected chi connectivity index (χ0v) is 66.5. The van der Waals surface area contributed by atoms with Crippen LogP contribution < -0.4 is 0 Å². The maximum atomic E-state index is 6.32. The van der Waals surface area contributed by atoms with Crippen LogP contribution in [0.5, 0.6) is 0 Å². The minimum absolute atomic E-state index is 0.889. The molecule has 26 aromatic rings. The summed E-state index contributed by atoms with van der Waals surface area (Å²) in [6.45, 7) is 0. The van der Waals surface area contributed by atoms with Gasteiger partial charge in [0.2, 0.25) is 0 Å². The van der Waals surface area contributed by atoms with Gasteiger partial charge in [-0.15, -0.1) is 0 Å². The van der Waals surface area contributed by atoms with E-state index in [4.69, 9.17) is 4.42 Å². The van der Waals surface area contributed by atoms with Crippen molar-refractivity contribution in [2.75, 3.05) is 0 Å². The molecule has 0 amide bonds. The molecular formula is C118H68N4O. The minimum Gasteiger partial charge on any atom is -0.456 e. The molecule has 566 valence electrons. The normalized spacial score (nSPS) is 12.4. The number of benzene rings is 21. The first kappa shape index (κ1) is 66.7. The number of hydrogen-bond donors (Lipinski definition) is 0. The SMILES string of the molecule is c1ccc(-n2c3ccc(-c4ccc5c(c4)c4cc6ccccc6cc4n5-c4cccc(-c5cc6c7c(cccc7c5)-c5ccccc5-6)c4)cc3c3cc4ccc(-c5ccc6c7cc(-c8ccc9c(c8)c8ccccc8n9-c8ccc9oc%10ccccc%10c9c8)ccc7n(-c7cccc(-c8cc9c%10c(cccc%10c8)-c8ccccc8-9)c7)c6c5)cc4cc32)cc1. The smallest absolute Gasteiger partial charge is 0.135 e. The van der Waals surface area contributed by atoms with Crippen molar-refractivity contribution in [3.05, 3.63) is 413 Å². The third kappa shape index (κ3) is 9.73. The first-order valence-corrected chi connectivity index (χ1v) is 42.6. The van der Waals surface area contributed by atoms with Gasteiger partial charge >= 0.3 is 0 Å². The zero-order chi connectivity index (χ0) is 80.0. The molecule has 5 nitrogen and oxygen atoms in total. The third-order valence-corrected chi connectivity index (χ3v) is 27.3. The molecule has 21 aromatic carbocycles. The topological polar surface area (TPSA) is 32.9 Å². The van der Waals surface area contributed by atoms with Crippen LogP contribution in [0, 0.1) is 0 Å². The van der Waals surface area contributed by atoms with Crippen LogP contribution in [0.4, 0.5) is 0 Å². The monoisotopic (exact) mass is 1560 g/mol. The average molecular weight is 1560 g/mol. The number of fused-ring (bicyclic) bond motifs is 23. The summed E-state index contributed by atoms with van der Waals surface area (Å²) in [4.78, 5) is 0. The summed E-state index contributed by atoms with van der Waals surface area (Å²) >= 11 is 0. The van der Waals surface area contributed by atoms with Gasteiger partial charge < -0.3 is 22.7 Å². The van der Waals surface area contributed by atoms with E-state index in [0.717, 1.165) is 100 Å². The van der Waals surface area contributed by atoms with Gasteiger partial charge in [-0.3, -0.25) is 0 Å². The van der Waals surface area contributed by atoms with E-state index in [1.807, 2.05) is 6.07 Å². The first-order valence-electron chi connectivity index (χ1n) is 42.6. The Morgan fingerprint density at radius 3 is 1.09 bits per heavy atom. The predicted octanol–water partition coefficient (Wildman–Crippen LogP) is 32.2. The van der Waals surface area contributed by atoms with E-state index in [9.17, 15) is 0 Å². The lowest BCUT2D eigenvalue weighted by Crippen LogP contribution is -1.95. The standard InChI is InChI=1S/C118H68N4O/c1-2-24-85(25-3-1)119-110-49-43-76(77-44-50-111-101(61-77)102-57-71-18-4-5-19-72(71)65-113(102)122(111)87-27-15-21-70(56-87)83-54-81-23-17-35-97-90-29-7-9-31-92(90)106(64-83)118(81)97)60-100(110)103-62-78-39-38-73(52-84(78)67-114(103)119)79-40-46-94-99-59-75(74-41-47-108-98(58-74)93-32-10-12-36-107(93)120(108)88-45-51-116-104(68-88)95-33-11-13-37-115(95)123-116)42-48-109(99)121(112(94)66-79)86-26-14-20-69(55-86)82-53-80-22-16-34-96-89-28-6-8-30-91(89)105(63-82)117(80)96/h1-68H. The minimum atomic E-state index is 0.889. The zero-order valence-electron chi connectivity index (χ0n) is 66.5. The molecule has 28 rings (SSSR count). The predicted molar refractivity (Wildman–Crippen MR) is 517 cm³/mol. The number of aromatic nitrogens is 4. The second-order valence-electron chi connectivity index (χ2n) is 33.8. The van der Waals surface area contributed by atoms with Gasteiger partial charge in [0.15, 0.2) is 0 Å². The van der Waals surface area contributed by atoms with Crippen LogP contribution in [0.3, 0.4) is 0 Å². The molecule has 0 fully saturated rings. The van der Waals surface area contributed by atoms with Crippen molar-refractivity contribution in [3.63, 3.8) is 0 Å². The lowest BCUT2D eigenvalue weighted by Gasteiger charge is -2.13. The van der Waals surface area contributed by atoms with E-state index >= 15 is 0 Å². The number of hydrogen-bond acceptors (Lipinski definition) is 1. The summed E-state index contributed by atoms with van der Waals surface area (Å²) in [6, 6.07) is 155. The van der Waals surface area contributed by atoms with Crippen LogP contribution in [0.1, 0.15) is 0 Å². The molecule has 0 aliphatic heterocycles. The highest BCUT2D eigenvalue weighted by Gasteiger charge is 2.27. The van der Waals surface area contributed by atoms with Gasteiger partial charge in [-0.1, -0.05) is 237 Å². The fourth-order valence-corrected chi connectivity index (χ4v) is 21.7. The second-order valence-corrected chi connectivity index (χ2v) is 33.8. The molecule has 0 saturated heterocycles. The summed E-state index contributed by atoms with van der Waals surface area (Å²) in [5.41, 5.74) is 37.7. The van der Waals surface area contributed by atoms with Gasteiger partial charge in [0.05, 0.1) is 44.1 Å². The molecule has 5 heterocycles. The largest absolute Gasteiger partial charge is 0.456 e. The summed E-state index contributed by atoms with van der Waals surface area (Å²) in [7, 11) is 0. The highest BCUT2D eigenvalue weighted by molar-refractivity contribution is 6.22. The van der Waals surface area contributed by atoms with Crippen molar-refractivity contribution >= 4 is 152 Å². The molecule has 0 radical (unpaired) electrons. The Morgan fingerprint density at radius 1 is 0.138 bits per heavy atom. The van der Waals surface area contributed by atoms with Gasteiger partial charge in [0, 0.05) is 76.6 Å². The molecule has 0 N–H and O–H groups in total. The lowest BCUT2D eigenvalue weighted by molar-refractivity contribution is 0.669. The summed E-state index contributed by atoms with van der Waals surface area (Å²) in [6.07, 6.45) is 0. The van der Waals surface area contributed by atoms with Crippen molar-refractivity contribution in [3.8, 4) is 123 Å². The van der Waals surface area contributed by atoms with Crippen molar-refractivity contribution in [2.24, 2.45) is 0 Å². The summed E-state index contributed by atoms with van der Waals surface area (Å²) < 4.78 is 16.2. The maximum Gasteiger partial charge on any atom is 0.135 e. The Morgan fingerprint density at radius 2 is 0.496 bits per heavy atom. The molecule has 5 heteroatoms. The Hall–Kier alpha value is -16.3. The molecule has 123 heavy (non-hydrogen) atoms. The van der Waals surface area contributed by atoms with E-state index in [0.29, 0.717) is 0 Å². The van der Waals surface area contributed by atoms with E-state index in [1.54, 1.807) is 0 Å². The lowest BCUT2D eigenvalue weighted by atomic mass is 9.96. The van der Waals surface area contributed by atoms with Gasteiger partial charge in [-0.05, 0) is 319 Å². The molecule has 0 unspecified atom stereocenters. The summed E-state index contributed by atoms with van der Waals surface area (Å²) in [5.74, 6) is 0. The molecule has 2 aliphatic rings. The summed E-state index contributed by atoms with van der Waals surface area (Å²) in [5, 5.41) is 21.9. The Kier molecular flexibility index (Phi) is 13.6. The van der Waals surface area contributed by atoms with Crippen LogP contribution in [-0.4, -0.2) is 18.3 Å². The molecular weight excluding hydrogens is 1490 g/mol. The van der Waals surface area contributed by atoms with Crippen LogP contribution in [-0.2, 0) is 0 Å². The van der Waals surface area contributed by atoms with Gasteiger partial charge in [-0.2, -0.15) is 0 Å². The van der Waals surface area contributed by atoms with Crippen LogP contribution in [0.15, 0.2) is 417 Å². The molecule has 0 spiro atoms. The Bertz CT molecular complexity index is 9210. The fraction of sp³-hybridized carbons (Fsp3) is 0. The van der Waals surface area contributed by atoms with Gasteiger partial charge in [0.25, 0.3) is 0 Å². The van der Waals surface area contributed by atoms with Crippen molar-refractivity contribution in [1.29, 1.82) is 0 Å². The third-order valence-electron chi connectivity index (χ3n) is 27.3. The van der Waals surface area contributed by atoms with Crippen molar-refractivity contribution in [1.82, 2.24) is 18.3 Å². The number of furan rings is 1. The number of nitrogens with zero attached hydrogens (tertiary/aromatic N) is 4. The second kappa shape index (κ2) is 25.1. The molecule has 2 aliphatic carbocycles. The fourth-order valence-electron chi connectivity index (χ4n) is 21.7. The molecule has 0 atom stereocenters. The Balaban J connectivity index is 0.575. The maximum absolute atomic E-state index is 6.32. The highest BCUT2D eigenvalue weighted by atomic mass is 16.3. The molecule has 0 bridgehead atoms. The van der Waals surface area contributed by atoms with Crippen LogP contribution in [0.2, 0.25) is 0 Å². The Labute approximate surface area is 705 Å². The van der Waals surface area contributed by atoms with Gasteiger partial charge in [0.1, 0.15) is 11.2 Å². The van der Waals surface area contributed by atoms with E-state index in [-0.39, 0.29) is 0 Å². The molecule has 0 saturated carbocycles. The number of para-hydroxylation sites is 3. The van der Waals surface area contributed by atoms with Crippen molar-refractivity contribution in [2.45, 2.75) is 0 Å². The van der Waals surface area contributed by atoms with E-state index < -0.39 is 0 Å².